The van der Waals surface area contributed by atoms with Gasteiger partial charge in [-0.1, -0.05) is 12.1 Å². The lowest BCUT2D eigenvalue weighted by Gasteiger charge is -2.05. The molecule has 2 heterocycles. The van der Waals surface area contributed by atoms with E-state index in [0.717, 1.165) is 22.3 Å². The molecule has 6 nitrogen and oxygen atoms in total. The molecule has 0 unspecified atom stereocenters. The number of benzene rings is 1. The van der Waals surface area contributed by atoms with Crippen LogP contribution in [0.1, 0.15) is 21.7 Å². The topological polar surface area (TPSA) is 83.6 Å². The highest BCUT2D eigenvalue weighted by molar-refractivity contribution is 6.11. The van der Waals surface area contributed by atoms with E-state index in [1.54, 1.807) is 12.3 Å². The van der Waals surface area contributed by atoms with Gasteiger partial charge in [0, 0.05) is 11.6 Å². The highest BCUT2D eigenvalue weighted by Crippen LogP contribution is 2.17. The number of carbonyl (C=O) groups is 1. The summed E-state index contributed by atoms with van der Waals surface area (Å²) in [6.45, 7) is 3.64. The average Bonchev–Trinajstić information content (AvgIpc) is 2.91. The molecule has 3 aromatic rings. The standard InChI is InChI=1S/C14H13N5O/c1-8-9(2)18-19-14(16-8)17-13(20)11-5-3-4-10-6-7-15-12(10)11/h3-7,15H,1-2H3,(H,16,17,19,20). The predicted molar refractivity (Wildman–Crippen MR) is 75.6 cm³/mol. The lowest BCUT2D eigenvalue weighted by molar-refractivity contribution is 0.102. The number of amides is 1. The Kier molecular flexibility index (Phi) is 2.90. The molecule has 0 saturated heterocycles. The Morgan fingerprint density at radius 3 is 2.80 bits per heavy atom. The number of aromatic nitrogens is 4. The highest BCUT2D eigenvalue weighted by Gasteiger charge is 2.12. The van der Waals surface area contributed by atoms with Crippen molar-refractivity contribution in [2.24, 2.45) is 0 Å². The van der Waals surface area contributed by atoms with Crippen molar-refractivity contribution in [3.8, 4) is 0 Å². The molecule has 0 spiro atoms. The number of carbonyl (C=O) groups excluding carboxylic acids is 1. The van der Waals surface area contributed by atoms with Crippen molar-refractivity contribution in [1.29, 1.82) is 0 Å². The van der Waals surface area contributed by atoms with Crippen LogP contribution < -0.4 is 5.32 Å². The van der Waals surface area contributed by atoms with Gasteiger partial charge in [-0.3, -0.25) is 10.1 Å². The molecule has 0 radical (unpaired) electrons. The van der Waals surface area contributed by atoms with Crippen LogP contribution in [0.2, 0.25) is 0 Å². The molecule has 2 N–H and O–H groups in total. The van der Waals surface area contributed by atoms with Crippen LogP contribution in [0.3, 0.4) is 0 Å². The minimum atomic E-state index is -0.261. The van der Waals surface area contributed by atoms with Crippen LogP contribution in [0.5, 0.6) is 0 Å². The van der Waals surface area contributed by atoms with Crippen LogP contribution in [-0.4, -0.2) is 26.1 Å². The van der Waals surface area contributed by atoms with Gasteiger partial charge in [-0.2, -0.15) is 5.10 Å². The van der Waals surface area contributed by atoms with E-state index in [1.165, 1.54) is 0 Å². The van der Waals surface area contributed by atoms with Crippen molar-refractivity contribution in [1.82, 2.24) is 20.2 Å². The third kappa shape index (κ3) is 2.11. The van der Waals surface area contributed by atoms with E-state index in [1.807, 2.05) is 32.0 Å². The zero-order valence-corrected chi connectivity index (χ0v) is 11.1. The van der Waals surface area contributed by atoms with Crippen molar-refractivity contribution in [2.75, 3.05) is 5.32 Å². The van der Waals surface area contributed by atoms with Crippen molar-refractivity contribution >= 4 is 22.8 Å². The number of para-hydroxylation sites is 1. The third-order valence-electron chi connectivity index (χ3n) is 3.15. The second-order valence-corrected chi connectivity index (χ2v) is 4.51. The molecule has 0 atom stereocenters. The lowest BCUT2D eigenvalue weighted by atomic mass is 10.1. The fraction of sp³-hybridized carbons (Fsp3) is 0.143. The monoisotopic (exact) mass is 267 g/mol. The van der Waals surface area contributed by atoms with E-state index in [-0.39, 0.29) is 11.9 Å². The number of H-pyrrole nitrogens is 1. The Morgan fingerprint density at radius 2 is 2.00 bits per heavy atom. The average molecular weight is 267 g/mol. The molecule has 2 aromatic heterocycles. The summed E-state index contributed by atoms with van der Waals surface area (Å²) in [7, 11) is 0. The predicted octanol–water partition coefficient (Wildman–Crippen LogP) is 2.22. The molecule has 1 amide bonds. The summed E-state index contributed by atoms with van der Waals surface area (Å²) in [4.78, 5) is 19.5. The molecule has 6 heteroatoms. The Hall–Kier alpha value is -2.76. The van der Waals surface area contributed by atoms with Gasteiger partial charge in [0.15, 0.2) is 0 Å². The van der Waals surface area contributed by atoms with Gasteiger partial charge in [-0.05, 0) is 26.0 Å². The van der Waals surface area contributed by atoms with Gasteiger partial charge >= 0.3 is 0 Å². The van der Waals surface area contributed by atoms with E-state index in [0.29, 0.717) is 5.56 Å². The Bertz CT molecular complexity index is 793. The molecule has 3 rings (SSSR count). The molecule has 0 bridgehead atoms. The Balaban J connectivity index is 1.93. The minimum absolute atomic E-state index is 0.210. The minimum Gasteiger partial charge on any atom is -0.361 e. The van der Waals surface area contributed by atoms with Crippen LogP contribution >= 0.6 is 0 Å². The largest absolute Gasteiger partial charge is 0.361 e. The molecule has 100 valence electrons. The van der Waals surface area contributed by atoms with Crippen molar-refractivity contribution in [3.05, 3.63) is 47.4 Å². The number of hydrogen-bond donors (Lipinski definition) is 2. The Morgan fingerprint density at radius 1 is 1.15 bits per heavy atom. The van der Waals surface area contributed by atoms with Gasteiger partial charge in [-0.15, -0.1) is 5.10 Å². The number of fused-ring (bicyclic) bond motifs is 1. The molecule has 1 aromatic carbocycles. The maximum atomic E-state index is 12.3. The molecule has 0 aliphatic carbocycles. The number of anilines is 1. The zero-order chi connectivity index (χ0) is 14.1. The van der Waals surface area contributed by atoms with Gasteiger partial charge in [0.25, 0.3) is 5.91 Å². The van der Waals surface area contributed by atoms with E-state index >= 15 is 0 Å². The van der Waals surface area contributed by atoms with Crippen molar-refractivity contribution in [2.45, 2.75) is 13.8 Å². The fourth-order valence-electron chi connectivity index (χ4n) is 1.95. The summed E-state index contributed by atoms with van der Waals surface area (Å²) in [6, 6.07) is 7.45. The second kappa shape index (κ2) is 4.73. The van der Waals surface area contributed by atoms with Gasteiger partial charge in [0.2, 0.25) is 5.95 Å². The number of aromatic amines is 1. The van der Waals surface area contributed by atoms with E-state index < -0.39 is 0 Å². The molecule has 20 heavy (non-hydrogen) atoms. The van der Waals surface area contributed by atoms with E-state index in [9.17, 15) is 4.79 Å². The lowest BCUT2D eigenvalue weighted by Crippen LogP contribution is -2.16. The van der Waals surface area contributed by atoms with Crippen LogP contribution in [0.15, 0.2) is 30.5 Å². The van der Waals surface area contributed by atoms with Crippen LogP contribution in [0.4, 0.5) is 5.95 Å². The number of nitrogens with one attached hydrogen (secondary N) is 2. The summed E-state index contributed by atoms with van der Waals surface area (Å²) in [6.07, 6.45) is 1.80. The zero-order valence-electron chi connectivity index (χ0n) is 11.1. The summed E-state index contributed by atoms with van der Waals surface area (Å²) >= 11 is 0. The number of nitrogens with zero attached hydrogens (tertiary/aromatic N) is 3. The molecular weight excluding hydrogens is 254 g/mol. The first-order valence-corrected chi connectivity index (χ1v) is 6.20. The molecule has 0 fully saturated rings. The first-order valence-electron chi connectivity index (χ1n) is 6.20. The molecule has 0 saturated carbocycles. The van der Waals surface area contributed by atoms with Gasteiger partial charge in [-0.25, -0.2) is 4.98 Å². The van der Waals surface area contributed by atoms with Crippen LogP contribution in [-0.2, 0) is 0 Å². The third-order valence-corrected chi connectivity index (χ3v) is 3.15. The van der Waals surface area contributed by atoms with E-state index in [2.05, 4.69) is 25.5 Å². The maximum absolute atomic E-state index is 12.3. The second-order valence-electron chi connectivity index (χ2n) is 4.51. The van der Waals surface area contributed by atoms with Crippen LogP contribution in [0.25, 0.3) is 10.9 Å². The molecule has 0 aliphatic rings. The first-order chi connectivity index (χ1) is 9.65. The van der Waals surface area contributed by atoms with E-state index in [4.69, 9.17) is 0 Å². The van der Waals surface area contributed by atoms with Crippen molar-refractivity contribution in [3.63, 3.8) is 0 Å². The first kappa shape index (κ1) is 12.3. The SMILES string of the molecule is Cc1nnc(NC(=O)c2cccc3cc[nH]c23)nc1C. The number of aryl methyl sites for hydroxylation is 2. The normalized spacial score (nSPS) is 10.7. The van der Waals surface area contributed by atoms with Crippen molar-refractivity contribution < 1.29 is 4.79 Å². The molecule has 0 aliphatic heterocycles. The quantitative estimate of drug-likeness (QED) is 0.745. The van der Waals surface area contributed by atoms with Crippen LogP contribution in [0, 0.1) is 13.8 Å². The number of rotatable bonds is 2. The van der Waals surface area contributed by atoms with Gasteiger partial charge in [0.05, 0.1) is 22.5 Å². The Labute approximate surface area is 115 Å². The van der Waals surface area contributed by atoms with Gasteiger partial charge in [0.1, 0.15) is 0 Å². The molecular formula is C14H13N5O. The fourth-order valence-corrected chi connectivity index (χ4v) is 1.95. The summed E-state index contributed by atoms with van der Waals surface area (Å²) in [5.41, 5.74) is 2.83. The van der Waals surface area contributed by atoms with Gasteiger partial charge < -0.3 is 4.98 Å². The summed E-state index contributed by atoms with van der Waals surface area (Å²) in [5.74, 6) is -0.0511. The highest BCUT2D eigenvalue weighted by atomic mass is 16.1. The summed E-state index contributed by atoms with van der Waals surface area (Å²) in [5, 5.41) is 11.5. The maximum Gasteiger partial charge on any atom is 0.260 e. The smallest absolute Gasteiger partial charge is 0.260 e. The number of hydrogen-bond acceptors (Lipinski definition) is 4. The summed E-state index contributed by atoms with van der Waals surface area (Å²) < 4.78 is 0.